The lowest BCUT2D eigenvalue weighted by molar-refractivity contribution is -0.111. The molecule has 0 fully saturated rings. The van der Waals surface area contributed by atoms with E-state index in [9.17, 15) is 13.2 Å². The minimum atomic E-state index is -4.29. The fourth-order valence-electron chi connectivity index (χ4n) is 2.82. The van der Waals surface area contributed by atoms with Crippen LogP contribution < -0.4 is 10.0 Å². The second-order valence-corrected chi connectivity index (χ2v) is 7.01. The molecule has 7 heteroatoms. The number of benzene rings is 2. The standard InChI is InChI=1S/C18H18N2O4S/c21-18(19-17-10-7-14-2-1-3-15(14)12-17)11-6-13-4-8-16(9-5-13)20-25(22,23)24/h4-12,20H,1-3H2,(H,19,21)(H,22,23,24). The van der Waals surface area contributed by atoms with E-state index in [2.05, 4.69) is 11.4 Å². The number of aryl methyl sites for hydroxylation is 2. The number of carbonyl (C=O) groups excluding carboxylic acids is 1. The van der Waals surface area contributed by atoms with Crippen LogP contribution in [0.15, 0.2) is 48.5 Å². The number of carbonyl (C=O) groups is 1. The summed E-state index contributed by atoms with van der Waals surface area (Å²) < 4.78 is 32.1. The first kappa shape index (κ1) is 17.2. The lowest BCUT2D eigenvalue weighted by Crippen LogP contribution is -2.10. The van der Waals surface area contributed by atoms with E-state index >= 15 is 0 Å². The normalized spacial score (nSPS) is 13.6. The Morgan fingerprint density at radius 3 is 2.40 bits per heavy atom. The van der Waals surface area contributed by atoms with Crippen molar-refractivity contribution in [2.75, 3.05) is 10.0 Å². The molecule has 0 radical (unpaired) electrons. The highest BCUT2D eigenvalue weighted by molar-refractivity contribution is 7.87. The minimum absolute atomic E-state index is 0.238. The molecule has 1 aliphatic carbocycles. The molecule has 0 saturated heterocycles. The molecule has 1 aliphatic rings. The van der Waals surface area contributed by atoms with Crippen LogP contribution in [0.3, 0.4) is 0 Å². The van der Waals surface area contributed by atoms with Gasteiger partial charge in [-0.3, -0.25) is 14.1 Å². The average Bonchev–Trinajstić information content (AvgIpc) is 3.00. The maximum absolute atomic E-state index is 12.0. The molecular formula is C18H18N2O4S. The van der Waals surface area contributed by atoms with Gasteiger partial charge in [0.1, 0.15) is 0 Å². The van der Waals surface area contributed by atoms with Crippen LogP contribution in [0.4, 0.5) is 11.4 Å². The highest BCUT2D eigenvalue weighted by atomic mass is 32.2. The number of anilines is 2. The molecule has 0 spiro atoms. The van der Waals surface area contributed by atoms with Crippen molar-refractivity contribution in [3.63, 3.8) is 0 Å². The Balaban J connectivity index is 1.60. The first-order valence-electron chi connectivity index (χ1n) is 7.85. The Hall–Kier alpha value is -2.64. The van der Waals surface area contributed by atoms with Crippen LogP contribution in [-0.2, 0) is 27.9 Å². The van der Waals surface area contributed by atoms with Crippen LogP contribution in [0, 0.1) is 0 Å². The van der Waals surface area contributed by atoms with Crippen molar-refractivity contribution in [1.82, 2.24) is 0 Å². The molecule has 0 unspecified atom stereocenters. The second-order valence-electron chi connectivity index (χ2n) is 5.86. The number of nitrogens with one attached hydrogen (secondary N) is 2. The van der Waals surface area contributed by atoms with Gasteiger partial charge in [-0.15, -0.1) is 0 Å². The summed E-state index contributed by atoms with van der Waals surface area (Å²) in [5.74, 6) is -0.238. The summed E-state index contributed by atoms with van der Waals surface area (Å²) in [6.45, 7) is 0. The Morgan fingerprint density at radius 2 is 1.68 bits per heavy atom. The number of rotatable bonds is 5. The van der Waals surface area contributed by atoms with Gasteiger partial charge in [-0.1, -0.05) is 18.2 Å². The van der Waals surface area contributed by atoms with Crippen LogP contribution in [-0.4, -0.2) is 18.9 Å². The summed E-state index contributed by atoms with van der Waals surface area (Å²) in [6, 6.07) is 12.2. The zero-order valence-corrected chi connectivity index (χ0v) is 14.2. The molecule has 0 aromatic heterocycles. The third-order valence-corrected chi connectivity index (χ3v) is 4.44. The summed E-state index contributed by atoms with van der Waals surface area (Å²) in [5, 5.41) is 2.83. The fraction of sp³-hybridized carbons (Fsp3) is 0.167. The molecule has 2 aromatic carbocycles. The summed E-state index contributed by atoms with van der Waals surface area (Å²) >= 11 is 0. The van der Waals surface area contributed by atoms with E-state index < -0.39 is 10.3 Å². The second kappa shape index (κ2) is 7.08. The van der Waals surface area contributed by atoms with Crippen molar-refractivity contribution < 1.29 is 17.8 Å². The summed E-state index contributed by atoms with van der Waals surface area (Å²) in [4.78, 5) is 12.0. The predicted molar refractivity (Wildman–Crippen MR) is 97.7 cm³/mol. The highest BCUT2D eigenvalue weighted by Crippen LogP contribution is 2.24. The van der Waals surface area contributed by atoms with Gasteiger partial charge in [-0.25, -0.2) is 0 Å². The van der Waals surface area contributed by atoms with Gasteiger partial charge in [0.25, 0.3) is 0 Å². The number of hydrogen-bond acceptors (Lipinski definition) is 3. The molecule has 130 valence electrons. The topological polar surface area (TPSA) is 95.5 Å². The molecule has 25 heavy (non-hydrogen) atoms. The third-order valence-electron chi connectivity index (χ3n) is 3.95. The molecular weight excluding hydrogens is 340 g/mol. The quantitative estimate of drug-likeness (QED) is 0.565. The molecule has 3 N–H and O–H groups in total. The predicted octanol–water partition coefficient (Wildman–Crippen LogP) is 3.04. The fourth-order valence-corrected chi connectivity index (χ4v) is 3.25. The molecule has 0 bridgehead atoms. The third kappa shape index (κ3) is 4.91. The number of amides is 1. The molecule has 0 aliphatic heterocycles. The van der Waals surface area contributed by atoms with Gasteiger partial charge in [0.05, 0.1) is 5.69 Å². The number of fused-ring (bicyclic) bond motifs is 1. The molecule has 0 atom stereocenters. The molecule has 0 saturated carbocycles. The minimum Gasteiger partial charge on any atom is -0.323 e. The van der Waals surface area contributed by atoms with Gasteiger partial charge < -0.3 is 5.32 Å². The van der Waals surface area contributed by atoms with E-state index in [4.69, 9.17) is 4.55 Å². The molecule has 2 aromatic rings. The first-order chi connectivity index (χ1) is 11.9. The van der Waals surface area contributed by atoms with E-state index in [0.717, 1.165) is 30.5 Å². The molecule has 6 nitrogen and oxygen atoms in total. The van der Waals surface area contributed by atoms with E-state index in [1.165, 1.54) is 29.3 Å². The van der Waals surface area contributed by atoms with Crippen molar-refractivity contribution in [1.29, 1.82) is 0 Å². The zero-order chi connectivity index (χ0) is 17.9. The Morgan fingerprint density at radius 1 is 1.00 bits per heavy atom. The van der Waals surface area contributed by atoms with Crippen molar-refractivity contribution in [2.45, 2.75) is 19.3 Å². The monoisotopic (exact) mass is 358 g/mol. The van der Waals surface area contributed by atoms with Gasteiger partial charge in [0.15, 0.2) is 0 Å². The van der Waals surface area contributed by atoms with Crippen LogP contribution in [0.25, 0.3) is 6.08 Å². The van der Waals surface area contributed by atoms with Crippen molar-refractivity contribution >= 4 is 33.7 Å². The van der Waals surface area contributed by atoms with Gasteiger partial charge >= 0.3 is 10.3 Å². The summed E-state index contributed by atoms with van der Waals surface area (Å²) in [6.07, 6.45) is 6.36. The van der Waals surface area contributed by atoms with Gasteiger partial charge in [-0.2, -0.15) is 8.42 Å². The largest absolute Gasteiger partial charge is 0.357 e. The maximum Gasteiger partial charge on any atom is 0.357 e. The van der Waals surface area contributed by atoms with Gasteiger partial charge in [-0.05, 0) is 66.3 Å². The lowest BCUT2D eigenvalue weighted by Gasteiger charge is -2.05. The smallest absolute Gasteiger partial charge is 0.323 e. The number of hydrogen-bond donors (Lipinski definition) is 3. The van der Waals surface area contributed by atoms with Crippen LogP contribution in [0.2, 0.25) is 0 Å². The SMILES string of the molecule is O=C(C=Cc1ccc(NS(=O)(=O)O)cc1)Nc1ccc2c(c1)CCC2. The van der Waals surface area contributed by atoms with E-state index in [0.29, 0.717) is 0 Å². The van der Waals surface area contributed by atoms with Crippen molar-refractivity contribution in [3.8, 4) is 0 Å². The van der Waals surface area contributed by atoms with Crippen LogP contribution in [0.1, 0.15) is 23.1 Å². The first-order valence-corrected chi connectivity index (χ1v) is 9.29. The van der Waals surface area contributed by atoms with Crippen LogP contribution >= 0.6 is 0 Å². The van der Waals surface area contributed by atoms with E-state index in [1.807, 2.05) is 16.9 Å². The van der Waals surface area contributed by atoms with Gasteiger partial charge in [0, 0.05) is 11.8 Å². The molecule has 1 amide bonds. The van der Waals surface area contributed by atoms with E-state index in [-0.39, 0.29) is 11.6 Å². The Bertz CT molecular complexity index is 919. The summed E-state index contributed by atoms with van der Waals surface area (Å²) in [7, 11) is -4.29. The summed E-state index contributed by atoms with van der Waals surface area (Å²) in [5.41, 5.74) is 4.39. The van der Waals surface area contributed by atoms with Gasteiger partial charge in [0.2, 0.25) is 5.91 Å². The van der Waals surface area contributed by atoms with Crippen LogP contribution in [0.5, 0.6) is 0 Å². The Labute approximate surface area is 146 Å². The molecule has 3 rings (SSSR count). The van der Waals surface area contributed by atoms with Crippen molar-refractivity contribution in [3.05, 3.63) is 65.2 Å². The maximum atomic E-state index is 12.0. The zero-order valence-electron chi connectivity index (χ0n) is 13.4. The van der Waals surface area contributed by atoms with Crippen molar-refractivity contribution in [2.24, 2.45) is 0 Å². The van der Waals surface area contributed by atoms with E-state index in [1.54, 1.807) is 18.2 Å². The molecule has 0 heterocycles. The average molecular weight is 358 g/mol. The lowest BCUT2D eigenvalue weighted by atomic mass is 10.1. The highest BCUT2D eigenvalue weighted by Gasteiger charge is 2.11. The Kier molecular flexibility index (Phi) is 4.87.